The first kappa shape index (κ1) is 25.7. The van der Waals surface area contributed by atoms with Crippen molar-refractivity contribution in [1.82, 2.24) is 14.2 Å². The summed E-state index contributed by atoms with van der Waals surface area (Å²) in [5.41, 5.74) is 6.94. The fraction of sp³-hybridized carbons (Fsp3) is 0.194. The molecule has 0 saturated carbocycles. The molecule has 2 aromatic heterocycles. The van der Waals surface area contributed by atoms with E-state index in [1.54, 1.807) is 12.3 Å². The third-order valence-corrected chi connectivity index (χ3v) is 7.09. The number of fused-ring (bicyclic) bond motifs is 1. The summed E-state index contributed by atoms with van der Waals surface area (Å²) in [6.07, 6.45) is 2.33. The van der Waals surface area contributed by atoms with Gasteiger partial charge in [-0.1, -0.05) is 52.7 Å². The first-order valence-electron chi connectivity index (χ1n) is 12.6. The van der Waals surface area contributed by atoms with Gasteiger partial charge in [-0.25, -0.2) is 4.98 Å². The SMILES string of the molecule is CCc1nc2ccc(Br)cc2c(=O)n1N=Cc1cc(C)n(-c2ccc(OCc3ccc(C)cc3)cc2)c1C. The average Bonchev–Trinajstić information content (AvgIpc) is 3.20. The molecule has 2 heterocycles. The molecule has 6 nitrogen and oxygen atoms in total. The van der Waals surface area contributed by atoms with Crippen molar-refractivity contribution in [3.63, 3.8) is 0 Å². The van der Waals surface area contributed by atoms with Crippen molar-refractivity contribution in [2.75, 3.05) is 0 Å². The van der Waals surface area contributed by atoms with E-state index in [9.17, 15) is 4.79 Å². The van der Waals surface area contributed by atoms with Crippen LogP contribution < -0.4 is 10.3 Å². The minimum absolute atomic E-state index is 0.181. The Morgan fingerprint density at radius 2 is 1.71 bits per heavy atom. The second kappa shape index (κ2) is 10.8. The van der Waals surface area contributed by atoms with Crippen LogP contribution in [-0.2, 0) is 13.0 Å². The number of rotatable bonds is 7. The molecule has 192 valence electrons. The van der Waals surface area contributed by atoms with Gasteiger partial charge in [0.1, 0.15) is 18.2 Å². The van der Waals surface area contributed by atoms with Crippen LogP contribution in [0.5, 0.6) is 5.75 Å². The summed E-state index contributed by atoms with van der Waals surface area (Å²) in [6.45, 7) is 8.69. The van der Waals surface area contributed by atoms with E-state index in [0.717, 1.165) is 38.4 Å². The Balaban J connectivity index is 1.40. The van der Waals surface area contributed by atoms with Crippen molar-refractivity contribution in [3.8, 4) is 11.4 Å². The molecule has 0 amide bonds. The van der Waals surface area contributed by atoms with Crippen molar-refractivity contribution in [2.24, 2.45) is 5.10 Å². The van der Waals surface area contributed by atoms with Gasteiger partial charge in [0.2, 0.25) is 0 Å². The molecule has 0 saturated heterocycles. The fourth-order valence-electron chi connectivity index (χ4n) is 4.52. The van der Waals surface area contributed by atoms with E-state index in [4.69, 9.17) is 4.74 Å². The Morgan fingerprint density at radius 1 is 0.974 bits per heavy atom. The van der Waals surface area contributed by atoms with Crippen LogP contribution >= 0.6 is 15.9 Å². The predicted octanol–water partition coefficient (Wildman–Crippen LogP) is 6.90. The van der Waals surface area contributed by atoms with Crippen molar-refractivity contribution in [2.45, 2.75) is 40.7 Å². The van der Waals surface area contributed by atoms with Crippen LogP contribution in [0.1, 0.15) is 40.8 Å². The molecule has 0 aliphatic carbocycles. The van der Waals surface area contributed by atoms with Crippen LogP contribution in [0.15, 0.2) is 87.2 Å². The Labute approximate surface area is 230 Å². The highest BCUT2D eigenvalue weighted by Crippen LogP contribution is 2.23. The number of hydrogen-bond donors (Lipinski definition) is 0. The molecule has 0 spiro atoms. The van der Waals surface area contributed by atoms with E-state index in [1.165, 1.54) is 10.2 Å². The van der Waals surface area contributed by atoms with Crippen LogP contribution in [0.3, 0.4) is 0 Å². The van der Waals surface area contributed by atoms with Gasteiger partial charge in [-0.15, -0.1) is 0 Å². The normalized spacial score (nSPS) is 11.5. The lowest BCUT2D eigenvalue weighted by atomic mass is 10.2. The predicted molar refractivity (Wildman–Crippen MR) is 157 cm³/mol. The Morgan fingerprint density at radius 3 is 2.42 bits per heavy atom. The standard InChI is InChI=1S/C31H29BrN4O2/c1-5-30-34-29-15-10-25(32)17-28(29)31(37)36(30)33-18-24-16-21(3)35(22(24)4)26-11-13-27(14-12-26)38-19-23-8-6-20(2)7-9-23/h6-18H,5,19H2,1-4H3. The van der Waals surface area contributed by atoms with Gasteiger partial charge >= 0.3 is 0 Å². The summed E-state index contributed by atoms with van der Waals surface area (Å²) in [5, 5.41) is 5.11. The number of ether oxygens (including phenoxy) is 1. The van der Waals surface area contributed by atoms with Crippen LogP contribution in [0.4, 0.5) is 0 Å². The van der Waals surface area contributed by atoms with Gasteiger partial charge in [0, 0.05) is 33.5 Å². The van der Waals surface area contributed by atoms with E-state index in [1.807, 2.05) is 31.2 Å². The molecule has 0 fully saturated rings. The third kappa shape index (κ3) is 5.20. The van der Waals surface area contributed by atoms with Gasteiger partial charge in [0.05, 0.1) is 17.1 Å². The summed E-state index contributed by atoms with van der Waals surface area (Å²) < 4.78 is 10.4. The van der Waals surface area contributed by atoms with Gasteiger partial charge in [0.25, 0.3) is 5.56 Å². The van der Waals surface area contributed by atoms with Gasteiger partial charge in [-0.05, 0) is 74.9 Å². The Hall–Kier alpha value is -3.97. The van der Waals surface area contributed by atoms with Crippen LogP contribution in [-0.4, -0.2) is 20.4 Å². The first-order valence-corrected chi connectivity index (χ1v) is 13.4. The Bertz CT molecular complexity index is 1700. The molecule has 7 heteroatoms. The zero-order chi connectivity index (χ0) is 26.8. The summed E-state index contributed by atoms with van der Waals surface area (Å²) in [6, 6.07) is 24.0. The monoisotopic (exact) mass is 568 g/mol. The molecule has 0 atom stereocenters. The topological polar surface area (TPSA) is 61.4 Å². The molecular formula is C31H29BrN4O2. The van der Waals surface area contributed by atoms with Gasteiger partial charge in [0.15, 0.2) is 0 Å². The maximum atomic E-state index is 13.2. The lowest BCUT2D eigenvalue weighted by Gasteiger charge is -2.12. The average molecular weight is 570 g/mol. The van der Waals surface area contributed by atoms with Gasteiger partial charge in [-0.2, -0.15) is 9.78 Å². The minimum Gasteiger partial charge on any atom is -0.489 e. The Kier molecular flexibility index (Phi) is 7.29. The number of hydrogen-bond acceptors (Lipinski definition) is 4. The van der Waals surface area contributed by atoms with Crippen LogP contribution in [0, 0.1) is 20.8 Å². The molecule has 0 radical (unpaired) electrons. The van der Waals surface area contributed by atoms with E-state index in [0.29, 0.717) is 29.8 Å². The second-order valence-corrected chi connectivity index (χ2v) is 10.3. The number of halogens is 1. The van der Waals surface area contributed by atoms with Crippen molar-refractivity contribution in [3.05, 3.63) is 122 Å². The maximum absolute atomic E-state index is 13.2. The highest BCUT2D eigenvalue weighted by Gasteiger charge is 2.12. The highest BCUT2D eigenvalue weighted by molar-refractivity contribution is 9.10. The van der Waals surface area contributed by atoms with E-state index < -0.39 is 0 Å². The lowest BCUT2D eigenvalue weighted by molar-refractivity contribution is 0.306. The van der Waals surface area contributed by atoms with E-state index in [2.05, 4.69) is 93.8 Å². The second-order valence-electron chi connectivity index (χ2n) is 9.33. The molecule has 0 unspecified atom stereocenters. The number of aromatic nitrogens is 3. The smallest absolute Gasteiger partial charge is 0.282 e. The maximum Gasteiger partial charge on any atom is 0.282 e. The molecule has 3 aromatic carbocycles. The van der Waals surface area contributed by atoms with Crippen LogP contribution in [0.25, 0.3) is 16.6 Å². The first-order chi connectivity index (χ1) is 18.3. The lowest BCUT2D eigenvalue weighted by Crippen LogP contribution is -2.22. The van der Waals surface area contributed by atoms with Gasteiger partial charge < -0.3 is 9.30 Å². The summed E-state index contributed by atoms with van der Waals surface area (Å²) in [4.78, 5) is 17.9. The summed E-state index contributed by atoms with van der Waals surface area (Å²) >= 11 is 3.45. The number of aryl methyl sites for hydroxylation is 3. The molecule has 0 aliphatic heterocycles. The number of nitrogens with zero attached hydrogens (tertiary/aromatic N) is 4. The van der Waals surface area contributed by atoms with Crippen LogP contribution in [0.2, 0.25) is 0 Å². The zero-order valence-electron chi connectivity index (χ0n) is 21.9. The molecule has 38 heavy (non-hydrogen) atoms. The van der Waals surface area contributed by atoms with Crippen molar-refractivity contribution < 1.29 is 4.74 Å². The van der Waals surface area contributed by atoms with E-state index >= 15 is 0 Å². The largest absolute Gasteiger partial charge is 0.489 e. The summed E-state index contributed by atoms with van der Waals surface area (Å²) in [5.74, 6) is 1.44. The third-order valence-electron chi connectivity index (χ3n) is 6.60. The highest BCUT2D eigenvalue weighted by atomic mass is 79.9. The molecule has 0 bridgehead atoms. The van der Waals surface area contributed by atoms with Crippen molar-refractivity contribution >= 4 is 33.0 Å². The number of benzene rings is 3. The molecule has 5 aromatic rings. The molecule has 0 N–H and O–H groups in total. The molecule has 0 aliphatic rings. The van der Waals surface area contributed by atoms with Gasteiger partial charge in [-0.3, -0.25) is 4.79 Å². The molecular weight excluding hydrogens is 540 g/mol. The minimum atomic E-state index is -0.181. The quantitative estimate of drug-likeness (QED) is 0.201. The summed E-state index contributed by atoms with van der Waals surface area (Å²) in [7, 11) is 0. The van der Waals surface area contributed by atoms with E-state index in [-0.39, 0.29) is 5.56 Å². The fourth-order valence-corrected chi connectivity index (χ4v) is 4.88. The van der Waals surface area contributed by atoms with Crippen molar-refractivity contribution in [1.29, 1.82) is 0 Å². The zero-order valence-corrected chi connectivity index (χ0v) is 23.5. The molecule has 5 rings (SSSR count).